The molecule has 8 heteroatoms. The van der Waals surface area contributed by atoms with Crippen molar-refractivity contribution in [3.8, 4) is 0 Å². The largest absolute Gasteiger partial charge is 0.273 e. The van der Waals surface area contributed by atoms with Crippen molar-refractivity contribution in [3.05, 3.63) is 22.9 Å². The number of pyridine rings is 1. The summed E-state index contributed by atoms with van der Waals surface area (Å²) in [5.41, 5.74) is 0. The highest BCUT2D eigenvalue weighted by molar-refractivity contribution is 9.10. The molecule has 0 bridgehead atoms. The van der Waals surface area contributed by atoms with Gasteiger partial charge in [-0.15, -0.1) is 0 Å². The van der Waals surface area contributed by atoms with Crippen molar-refractivity contribution < 1.29 is 13.2 Å². The summed E-state index contributed by atoms with van der Waals surface area (Å²) in [4.78, 5) is 15.2. The predicted octanol–water partition coefficient (Wildman–Crippen LogP) is 1.40. The quantitative estimate of drug-likeness (QED) is 0.897. The van der Waals surface area contributed by atoms with Gasteiger partial charge in [0.2, 0.25) is 5.91 Å². The molecule has 0 aromatic carbocycles. The second-order valence-corrected chi connectivity index (χ2v) is 6.96. The van der Waals surface area contributed by atoms with Crippen LogP contribution in [0.25, 0.3) is 0 Å². The lowest BCUT2D eigenvalue weighted by Crippen LogP contribution is -2.35. The minimum absolute atomic E-state index is 0.0477. The summed E-state index contributed by atoms with van der Waals surface area (Å²) in [7, 11) is -3.84. The first-order valence-electron chi connectivity index (χ1n) is 4.57. The first-order valence-corrected chi connectivity index (χ1v) is 8.13. The van der Waals surface area contributed by atoms with E-state index in [1.807, 2.05) is 4.72 Å². The van der Waals surface area contributed by atoms with E-state index in [0.717, 1.165) is 0 Å². The summed E-state index contributed by atoms with van der Waals surface area (Å²) in [5.74, 6) is -0.544. The molecule has 0 saturated carbocycles. The molecule has 0 spiro atoms. The van der Waals surface area contributed by atoms with Gasteiger partial charge in [-0.3, -0.25) is 9.78 Å². The Morgan fingerprint density at radius 3 is 2.71 bits per heavy atom. The first-order chi connectivity index (χ1) is 7.86. The number of halogens is 1. The molecular formula is C9H11BrN2O3S2. The fourth-order valence-corrected chi connectivity index (χ4v) is 2.83. The molecule has 0 radical (unpaired) electrons. The molecule has 1 atom stereocenters. The fraction of sp³-hybridized carbons (Fsp3) is 0.333. The number of hydrogen-bond donors (Lipinski definition) is 1. The van der Waals surface area contributed by atoms with E-state index in [1.54, 1.807) is 13.2 Å². The minimum atomic E-state index is -3.84. The molecule has 0 saturated heterocycles. The highest BCUT2D eigenvalue weighted by Gasteiger charge is 2.21. The third kappa shape index (κ3) is 3.97. The minimum Gasteiger partial charge on any atom is -0.273 e. The summed E-state index contributed by atoms with van der Waals surface area (Å²) in [6.07, 6.45) is 4.38. The summed E-state index contributed by atoms with van der Waals surface area (Å²) >= 11 is 4.39. The van der Waals surface area contributed by atoms with E-state index in [0.29, 0.717) is 4.47 Å². The normalized spacial score (nSPS) is 13.1. The number of amides is 1. The van der Waals surface area contributed by atoms with E-state index in [2.05, 4.69) is 20.9 Å². The lowest BCUT2D eigenvalue weighted by Gasteiger charge is -2.10. The maximum Gasteiger partial charge on any atom is 0.265 e. The van der Waals surface area contributed by atoms with Crippen LogP contribution in [0.4, 0.5) is 0 Å². The molecule has 5 nitrogen and oxygen atoms in total. The summed E-state index contributed by atoms with van der Waals surface area (Å²) in [5, 5.41) is -0.426. The zero-order valence-electron chi connectivity index (χ0n) is 9.18. The Kier molecular flexibility index (Phi) is 4.96. The van der Waals surface area contributed by atoms with Crippen LogP contribution in [0.5, 0.6) is 0 Å². The van der Waals surface area contributed by atoms with E-state index < -0.39 is 21.2 Å². The van der Waals surface area contributed by atoms with Crippen LogP contribution in [0.15, 0.2) is 27.8 Å². The molecule has 0 fully saturated rings. The number of thioether (sulfide) groups is 1. The Bertz CT molecular complexity index is 519. The molecule has 17 heavy (non-hydrogen) atoms. The Balaban J connectivity index is 2.94. The van der Waals surface area contributed by atoms with Crippen molar-refractivity contribution in [2.24, 2.45) is 0 Å². The zero-order valence-corrected chi connectivity index (χ0v) is 12.4. The maximum atomic E-state index is 11.8. The van der Waals surface area contributed by atoms with Crippen LogP contribution in [0.3, 0.4) is 0 Å². The van der Waals surface area contributed by atoms with Crippen molar-refractivity contribution in [2.45, 2.75) is 17.1 Å². The molecule has 0 aliphatic heterocycles. The van der Waals surface area contributed by atoms with E-state index in [4.69, 9.17) is 0 Å². The summed E-state index contributed by atoms with van der Waals surface area (Å²) < 4.78 is 26.2. The average Bonchev–Trinajstić information content (AvgIpc) is 2.27. The molecule has 1 aromatic heterocycles. The Labute approximate surface area is 113 Å². The van der Waals surface area contributed by atoms with Crippen LogP contribution >= 0.6 is 27.7 Å². The zero-order chi connectivity index (χ0) is 13.1. The fourth-order valence-electron chi connectivity index (χ4n) is 0.921. The van der Waals surface area contributed by atoms with E-state index >= 15 is 0 Å². The van der Waals surface area contributed by atoms with Gasteiger partial charge in [0.15, 0.2) is 0 Å². The van der Waals surface area contributed by atoms with Crippen molar-refractivity contribution in [1.82, 2.24) is 9.71 Å². The van der Waals surface area contributed by atoms with Crippen LogP contribution in [0.1, 0.15) is 6.92 Å². The molecule has 1 aromatic rings. The van der Waals surface area contributed by atoms with E-state index in [-0.39, 0.29) is 4.90 Å². The molecule has 94 valence electrons. The Morgan fingerprint density at radius 1 is 1.53 bits per heavy atom. The molecule has 1 amide bonds. The van der Waals surface area contributed by atoms with Gasteiger partial charge in [0.25, 0.3) is 10.0 Å². The number of aromatic nitrogens is 1. The first kappa shape index (κ1) is 14.5. The monoisotopic (exact) mass is 338 g/mol. The topological polar surface area (TPSA) is 76.1 Å². The third-order valence-corrected chi connectivity index (χ3v) is 4.62. The number of rotatable bonds is 4. The van der Waals surface area contributed by atoms with Gasteiger partial charge in [-0.05, 0) is 35.2 Å². The Hall–Kier alpha value is -0.600. The predicted molar refractivity (Wildman–Crippen MR) is 70.2 cm³/mol. The summed E-state index contributed by atoms with van der Waals surface area (Å²) in [6.45, 7) is 1.63. The van der Waals surface area contributed by atoms with Crippen LogP contribution < -0.4 is 4.72 Å². The second-order valence-electron chi connectivity index (χ2n) is 3.19. The van der Waals surface area contributed by atoms with Gasteiger partial charge >= 0.3 is 0 Å². The highest BCUT2D eigenvalue weighted by atomic mass is 79.9. The lowest BCUT2D eigenvalue weighted by molar-refractivity contribution is -0.118. The van der Waals surface area contributed by atoms with Gasteiger partial charge in [0.05, 0.1) is 5.25 Å². The number of nitrogens with zero attached hydrogens (tertiary/aromatic N) is 1. The number of hydrogen-bond acceptors (Lipinski definition) is 5. The smallest absolute Gasteiger partial charge is 0.265 e. The van der Waals surface area contributed by atoms with Crippen molar-refractivity contribution in [2.75, 3.05) is 6.26 Å². The van der Waals surface area contributed by atoms with E-state index in [1.165, 1.54) is 30.2 Å². The standard InChI is InChI=1S/C9H11BrN2O3S2/c1-6(16-2)9(13)12-17(14,15)8-3-7(10)4-11-5-8/h3-6H,1-2H3,(H,12,13). The molecule has 1 unspecified atom stereocenters. The SMILES string of the molecule is CSC(C)C(=O)NS(=O)(=O)c1cncc(Br)c1. The van der Waals surface area contributed by atoms with Gasteiger partial charge in [-0.25, -0.2) is 13.1 Å². The molecular weight excluding hydrogens is 328 g/mol. The number of nitrogens with one attached hydrogen (secondary N) is 1. The molecule has 1 heterocycles. The van der Waals surface area contributed by atoms with Gasteiger partial charge < -0.3 is 0 Å². The molecule has 1 N–H and O–H groups in total. The maximum absolute atomic E-state index is 11.8. The third-order valence-electron chi connectivity index (χ3n) is 1.95. The lowest BCUT2D eigenvalue weighted by atomic mass is 10.5. The van der Waals surface area contributed by atoms with Crippen molar-refractivity contribution in [3.63, 3.8) is 0 Å². The van der Waals surface area contributed by atoms with Crippen molar-refractivity contribution >= 4 is 43.6 Å². The molecule has 1 rings (SSSR count). The number of sulfonamides is 1. The highest BCUT2D eigenvalue weighted by Crippen LogP contribution is 2.14. The Morgan fingerprint density at radius 2 is 2.18 bits per heavy atom. The average molecular weight is 339 g/mol. The van der Waals surface area contributed by atoms with Gasteiger partial charge in [-0.1, -0.05) is 0 Å². The molecule has 0 aliphatic rings. The van der Waals surface area contributed by atoms with Crippen LogP contribution in [-0.4, -0.2) is 30.8 Å². The van der Waals surface area contributed by atoms with Crippen molar-refractivity contribution in [1.29, 1.82) is 0 Å². The summed E-state index contributed by atoms with van der Waals surface area (Å²) in [6, 6.07) is 1.38. The molecule has 0 aliphatic carbocycles. The van der Waals surface area contributed by atoms with E-state index in [9.17, 15) is 13.2 Å². The van der Waals surface area contributed by atoms with Crippen LogP contribution in [-0.2, 0) is 14.8 Å². The number of carbonyl (C=O) groups is 1. The van der Waals surface area contributed by atoms with Gasteiger partial charge in [-0.2, -0.15) is 11.8 Å². The van der Waals surface area contributed by atoms with Gasteiger partial charge in [0.1, 0.15) is 4.90 Å². The second kappa shape index (κ2) is 5.83. The van der Waals surface area contributed by atoms with Crippen LogP contribution in [0, 0.1) is 0 Å². The van der Waals surface area contributed by atoms with Crippen LogP contribution in [0.2, 0.25) is 0 Å². The number of carbonyl (C=O) groups excluding carboxylic acids is 1. The van der Waals surface area contributed by atoms with Gasteiger partial charge in [0, 0.05) is 16.9 Å².